The molecule has 0 aromatic heterocycles. The van der Waals surface area contributed by atoms with E-state index in [0.717, 1.165) is 19.8 Å². The van der Waals surface area contributed by atoms with Crippen molar-refractivity contribution >= 4 is 0 Å². The maximum absolute atomic E-state index is 5.48. The number of fused-ring (bicyclic) bond motifs is 1. The third-order valence-electron chi connectivity index (χ3n) is 3.83. The maximum Gasteiger partial charge on any atom is 0.0622 e. The molecular weight excluding hydrogens is 198 g/mol. The first-order valence-corrected chi connectivity index (χ1v) is 6.23. The Bertz CT molecular complexity index is 382. The van der Waals surface area contributed by atoms with Crippen LogP contribution >= 0.6 is 0 Å². The van der Waals surface area contributed by atoms with Crippen molar-refractivity contribution in [3.05, 3.63) is 34.9 Å². The minimum absolute atomic E-state index is 0.661. The van der Waals surface area contributed by atoms with Crippen molar-refractivity contribution in [1.29, 1.82) is 0 Å². The Balaban J connectivity index is 1.79. The Morgan fingerprint density at radius 2 is 2.25 bits per heavy atom. The van der Waals surface area contributed by atoms with E-state index < -0.39 is 0 Å². The lowest BCUT2D eigenvalue weighted by atomic mass is 9.96. The second-order valence-electron chi connectivity index (χ2n) is 5.01. The molecule has 2 heterocycles. The van der Waals surface area contributed by atoms with Gasteiger partial charge in [-0.2, -0.15) is 0 Å². The standard InChI is InChI=1S/C14H19NO/c1-11-2-3-12-4-6-15(9-13(12)8-11)14-5-7-16-10-14/h2-3,8,14H,4-7,9-10H2,1H3. The molecule has 3 rings (SSSR count). The van der Waals surface area contributed by atoms with Crippen LogP contribution < -0.4 is 0 Å². The van der Waals surface area contributed by atoms with Crippen LogP contribution in [0.1, 0.15) is 23.1 Å². The zero-order valence-electron chi connectivity index (χ0n) is 9.91. The zero-order valence-corrected chi connectivity index (χ0v) is 9.91. The number of ether oxygens (including phenoxy) is 1. The first-order valence-electron chi connectivity index (χ1n) is 6.23. The molecule has 0 N–H and O–H groups in total. The van der Waals surface area contributed by atoms with Gasteiger partial charge in [0.25, 0.3) is 0 Å². The summed E-state index contributed by atoms with van der Waals surface area (Å²) in [5, 5.41) is 0. The molecule has 0 aliphatic carbocycles. The van der Waals surface area contributed by atoms with Gasteiger partial charge in [-0.15, -0.1) is 0 Å². The number of benzene rings is 1. The van der Waals surface area contributed by atoms with Crippen molar-refractivity contribution in [2.75, 3.05) is 19.8 Å². The molecule has 0 radical (unpaired) electrons. The van der Waals surface area contributed by atoms with Crippen LogP contribution in [0.4, 0.5) is 0 Å². The summed E-state index contributed by atoms with van der Waals surface area (Å²) in [6.07, 6.45) is 2.41. The van der Waals surface area contributed by atoms with Crippen LogP contribution in [0.15, 0.2) is 18.2 Å². The van der Waals surface area contributed by atoms with E-state index in [9.17, 15) is 0 Å². The first-order chi connectivity index (χ1) is 7.83. The Hall–Kier alpha value is -0.860. The monoisotopic (exact) mass is 217 g/mol. The summed E-state index contributed by atoms with van der Waals surface area (Å²) in [6, 6.07) is 7.53. The highest BCUT2D eigenvalue weighted by atomic mass is 16.5. The van der Waals surface area contributed by atoms with Crippen LogP contribution in [0, 0.1) is 6.92 Å². The molecule has 86 valence electrons. The molecule has 0 amide bonds. The fourth-order valence-electron chi connectivity index (χ4n) is 2.83. The fraction of sp³-hybridized carbons (Fsp3) is 0.571. The summed E-state index contributed by atoms with van der Waals surface area (Å²) in [4.78, 5) is 2.59. The van der Waals surface area contributed by atoms with Crippen LogP contribution in [0.25, 0.3) is 0 Å². The summed E-state index contributed by atoms with van der Waals surface area (Å²) >= 11 is 0. The third kappa shape index (κ3) is 1.87. The summed E-state index contributed by atoms with van der Waals surface area (Å²) in [7, 11) is 0. The summed E-state index contributed by atoms with van der Waals surface area (Å²) in [5.74, 6) is 0. The van der Waals surface area contributed by atoms with Crippen LogP contribution in [0.2, 0.25) is 0 Å². The highest BCUT2D eigenvalue weighted by Gasteiger charge is 2.26. The molecule has 16 heavy (non-hydrogen) atoms. The molecule has 1 atom stereocenters. The van der Waals surface area contributed by atoms with Gasteiger partial charge in [0, 0.05) is 25.7 Å². The summed E-state index contributed by atoms with van der Waals surface area (Å²) < 4.78 is 5.48. The van der Waals surface area contributed by atoms with E-state index in [1.165, 1.54) is 30.5 Å². The van der Waals surface area contributed by atoms with Crippen LogP contribution in [-0.2, 0) is 17.7 Å². The van der Waals surface area contributed by atoms with E-state index in [-0.39, 0.29) is 0 Å². The lowest BCUT2D eigenvalue weighted by Gasteiger charge is -2.33. The fourth-order valence-corrected chi connectivity index (χ4v) is 2.83. The largest absolute Gasteiger partial charge is 0.380 e. The molecular formula is C14H19NO. The van der Waals surface area contributed by atoms with Crippen molar-refractivity contribution < 1.29 is 4.74 Å². The molecule has 2 aliphatic heterocycles. The van der Waals surface area contributed by atoms with Crippen molar-refractivity contribution in [3.63, 3.8) is 0 Å². The molecule has 1 fully saturated rings. The number of hydrogen-bond acceptors (Lipinski definition) is 2. The minimum atomic E-state index is 0.661. The highest BCUT2D eigenvalue weighted by molar-refractivity contribution is 5.33. The van der Waals surface area contributed by atoms with Gasteiger partial charge in [-0.05, 0) is 30.9 Å². The van der Waals surface area contributed by atoms with Crippen LogP contribution in [0.3, 0.4) is 0 Å². The molecule has 2 heteroatoms. The van der Waals surface area contributed by atoms with Crippen molar-refractivity contribution in [2.45, 2.75) is 32.4 Å². The lowest BCUT2D eigenvalue weighted by molar-refractivity contribution is 0.135. The SMILES string of the molecule is Cc1ccc2c(c1)CN(C1CCOC1)CC2. The third-order valence-corrected chi connectivity index (χ3v) is 3.83. The number of hydrogen-bond donors (Lipinski definition) is 0. The first kappa shape index (κ1) is 10.3. The maximum atomic E-state index is 5.48. The van der Waals surface area contributed by atoms with E-state index >= 15 is 0 Å². The number of rotatable bonds is 1. The van der Waals surface area contributed by atoms with Gasteiger partial charge in [0.15, 0.2) is 0 Å². The summed E-state index contributed by atoms with van der Waals surface area (Å²) in [5.41, 5.74) is 4.45. The normalized spacial score (nSPS) is 25.7. The van der Waals surface area contributed by atoms with E-state index in [2.05, 4.69) is 30.0 Å². The van der Waals surface area contributed by atoms with Gasteiger partial charge < -0.3 is 4.74 Å². The second kappa shape index (κ2) is 4.19. The van der Waals surface area contributed by atoms with Gasteiger partial charge in [-0.25, -0.2) is 0 Å². The van der Waals surface area contributed by atoms with Crippen LogP contribution in [0.5, 0.6) is 0 Å². The quantitative estimate of drug-likeness (QED) is 0.714. The predicted molar refractivity (Wildman–Crippen MR) is 64.5 cm³/mol. The van der Waals surface area contributed by atoms with Gasteiger partial charge in [-0.1, -0.05) is 23.8 Å². The molecule has 2 nitrogen and oxygen atoms in total. The Morgan fingerprint density at radius 1 is 1.31 bits per heavy atom. The smallest absolute Gasteiger partial charge is 0.0622 e. The molecule has 0 spiro atoms. The number of aryl methyl sites for hydroxylation is 1. The topological polar surface area (TPSA) is 12.5 Å². The highest BCUT2D eigenvalue weighted by Crippen LogP contribution is 2.24. The van der Waals surface area contributed by atoms with Crippen molar-refractivity contribution in [3.8, 4) is 0 Å². The van der Waals surface area contributed by atoms with E-state index in [4.69, 9.17) is 4.74 Å². The Morgan fingerprint density at radius 3 is 3.06 bits per heavy atom. The number of nitrogens with zero attached hydrogens (tertiary/aromatic N) is 1. The van der Waals surface area contributed by atoms with Gasteiger partial charge in [-0.3, -0.25) is 4.90 Å². The average molecular weight is 217 g/mol. The van der Waals surface area contributed by atoms with Gasteiger partial charge in [0.05, 0.1) is 6.61 Å². The van der Waals surface area contributed by atoms with Gasteiger partial charge in [0.2, 0.25) is 0 Å². The average Bonchev–Trinajstić information content (AvgIpc) is 2.81. The molecule has 0 bridgehead atoms. The molecule has 1 unspecified atom stereocenters. The summed E-state index contributed by atoms with van der Waals surface area (Å²) in [6.45, 7) is 6.37. The van der Waals surface area contributed by atoms with Gasteiger partial charge in [0.1, 0.15) is 0 Å². The molecule has 1 aromatic rings. The molecule has 1 saturated heterocycles. The van der Waals surface area contributed by atoms with Gasteiger partial charge >= 0.3 is 0 Å². The van der Waals surface area contributed by atoms with E-state index in [1.807, 2.05) is 0 Å². The Kier molecular flexibility index (Phi) is 2.70. The van der Waals surface area contributed by atoms with Crippen LogP contribution in [-0.4, -0.2) is 30.7 Å². The molecule has 1 aromatic carbocycles. The zero-order chi connectivity index (χ0) is 11.0. The van der Waals surface area contributed by atoms with E-state index in [0.29, 0.717) is 6.04 Å². The Labute approximate surface area is 97.2 Å². The predicted octanol–water partition coefficient (Wildman–Crippen LogP) is 2.14. The van der Waals surface area contributed by atoms with Crippen molar-refractivity contribution in [1.82, 2.24) is 4.90 Å². The molecule has 0 saturated carbocycles. The lowest BCUT2D eigenvalue weighted by Crippen LogP contribution is -2.39. The van der Waals surface area contributed by atoms with Crippen molar-refractivity contribution in [2.24, 2.45) is 0 Å². The second-order valence-corrected chi connectivity index (χ2v) is 5.01. The molecule has 2 aliphatic rings. The van der Waals surface area contributed by atoms with E-state index in [1.54, 1.807) is 5.56 Å². The minimum Gasteiger partial charge on any atom is -0.380 e.